The predicted molar refractivity (Wildman–Crippen MR) is 119 cm³/mol. The molecule has 0 fully saturated rings. The van der Waals surface area contributed by atoms with Crippen LogP contribution in [0.5, 0.6) is 11.5 Å². The average Bonchev–Trinajstić information content (AvgIpc) is 2.71. The van der Waals surface area contributed by atoms with Gasteiger partial charge in [0.2, 0.25) is 0 Å². The van der Waals surface area contributed by atoms with E-state index in [9.17, 15) is 0 Å². The van der Waals surface area contributed by atoms with Gasteiger partial charge >= 0.3 is 0 Å². The number of methoxy groups -OCH3 is 2. The van der Waals surface area contributed by atoms with Crippen molar-refractivity contribution < 1.29 is 14.2 Å². The van der Waals surface area contributed by atoms with Gasteiger partial charge < -0.3 is 19.1 Å². The van der Waals surface area contributed by atoms with Gasteiger partial charge in [-0.2, -0.15) is 0 Å². The van der Waals surface area contributed by atoms with Gasteiger partial charge in [0.25, 0.3) is 0 Å². The molecule has 1 unspecified atom stereocenters. The summed E-state index contributed by atoms with van der Waals surface area (Å²) < 4.78 is 16.6. The van der Waals surface area contributed by atoms with Gasteiger partial charge in [0.15, 0.2) is 0 Å². The van der Waals surface area contributed by atoms with Crippen LogP contribution in [0, 0.1) is 0 Å². The fraction of sp³-hybridized carbons (Fsp3) is 0.500. The minimum absolute atomic E-state index is 0.298. The SMILES string of the molecule is COCC(C)N(Cc1ccc(OC)cc1)Cc1cccc(OCCCN(C)C)c1. The second kappa shape index (κ2) is 12.5. The maximum atomic E-state index is 5.95. The van der Waals surface area contributed by atoms with Crippen LogP contribution in [0.15, 0.2) is 48.5 Å². The van der Waals surface area contributed by atoms with Crippen LogP contribution in [0.1, 0.15) is 24.5 Å². The van der Waals surface area contributed by atoms with Gasteiger partial charge in [-0.25, -0.2) is 0 Å². The van der Waals surface area contributed by atoms with E-state index in [0.717, 1.165) is 44.2 Å². The Morgan fingerprint density at radius 1 is 0.897 bits per heavy atom. The van der Waals surface area contributed by atoms with E-state index in [2.05, 4.69) is 61.2 Å². The molecule has 5 nitrogen and oxygen atoms in total. The van der Waals surface area contributed by atoms with Crippen molar-refractivity contribution in [2.75, 3.05) is 48.1 Å². The molecule has 0 saturated heterocycles. The van der Waals surface area contributed by atoms with Crippen molar-refractivity contribution in [2.45, 2.75) is 32.5 Å². The van der Waals surface area contributed by atoms with E-state index in [1.54, 1.807) is 14.2 Å². The Morgan fingerprint density at radius 2 is 1.62 bits per heavy atom. The van der Waals surface area contributed by atoms with E-state index < -0.39 is 0 Å². The first-order valence-corrected chi connectivity index (χ1v) is 10.2. The van der Waals surface area contributed by atoms with Gasteiger partial charge in [-0.3, -0.25) is 4.90 Å². The number of nitrogens with zero attached hydrogens (tertiary/aromatic N) is 2. The molecule has 2 aromatic rings. The Balaban J connectivity index is 2.02. The van der Waals surface area contributed by atoms with E-state index in [1.807, 2.05) is 18.2 Å². The van der Waals surface area contributed by atoms with Gasteiger partial charge in [-0.15, -0.1) is 0 Å². The highest BCUT2D eigenvalue weighted by Gasteiger charge is 2.15. The van der Waals surface area contributed by atoms with E-state index in [0.29, 0.717) is 12.6 Å². The number of ether oxygens (including phenoxy) is 3. The second-order valence-corrected chi connectivity index (χ2v) is 7.71. The number of rotatable bonds is 13. The summed E-state index contributed by atoms with van der Waals surface area (Å²) in [6.07, 6.45) is 1.02. The normalized spacial score (nSPS) is 12.4. The largest absolute Gasteiger partial charge is 0.497 e. The van der Waals surface area contributed by atoms with E-state index in [4.69, 9.17) is 14.2 Å². The van der Waals surface area contributed by atoms with Gasteiger partial charge in [0, 0.05) is 32.8 Å². The molecule has 0 aliphatic heterocycles. The third-order valence-corrected chi connectivity index (χ3v) is 4.88. The standard InChI is InChI=1S/C24H36N2O3/c1-20(19-27-4)26(17-21-10-12-23(28-5)13-11-21)18-22-8-6-9-24(16-22)29-15-7-14-25(2)3/h6,8-13,16,20H,7,14-15,17-19H2,1-5H3. The van der Waals surface area contributed by atoms with Crippen LogP contribution in [0.2, 0.25) is 0 Å². The average molecular weight is 401 g/mol. The summed E-state index contributed by atoms with van der Waals surface area (Å²) in [4.78, 5) is 4.60. The second-order valence-electron chi connectivity index (χ2n) is 7.71. The Bertz CT molecular complexity index is 704. The monoisotopic (exact) mass is 400 g/mol. The van der Waals surface area contributed by atoms with Crippen molar-refractivity contribution >= 4 is 0 Å². The van der Waals surface area contributed by atoms with Crippen molar-refractivity contribution in [2.24, 2.45) is 0 Å². The van der Waals surface area contributed by atoms with Crippen LogP contribution in [0.25, 0.3) is 0 Å². The first kappa shape index (κ1) is 23.2. The van der Waals surface area contributed by atoms with E-state index >= 15 is 0 Å². The molecule has 0 spiro atoms. The molecule has 0 radical (unpaired) electrons. The molecule has 0 amide bonds. The van der Waals surface area contributed by atoms with Crippen LogP contribution in [0.4, 0.5) is 0 Å². The number of hydrogen-bond acceptors (Lipinski definition) is 5. The first-order chi connectivity index (χ1) is 14.0. The first-order valence-electron chi connectivity index (χ1n) is 10.2. The lowest BCUT2D eigenvalue weighted by Crippen LogP contribution is -2.35. The molecule has 5 heteroatoms. The summed E-state index contributed by atoms with van der Waals surface area (Å²) in [5, 5.41) is 0. The van der Waals surface area contributed by atoms with E-state index in [-0.39, 0.29) is 0 Å². The van der Waals surface area contributed by atoms with Crippen molar-refractivity contribution in [3.8, 4) is 11.5 Å². The molecule has 0 aliphatic rings. The lowest BCUT2D eigenvalue weighted by molar-refractivity contribution is 0.0894. The highest BCUT2D eigenvalue weighted by molar-refractivity contribution is 5.29. The Morgan fingerprint density at radius 3 is 2.28 bits per heavy atom. The van der Waals surface area contributed by atoms with Gasteiger partial charge in [0.1, 0.15) is 11.5 Å². The smallest absolute Gasteiger partial charge is 0.119 e. The Hall–Kier alpha value is -2.08. The molecule has 160 valence electrons. The van der Waals surface area contributed by atoms with Crippen molar-refractivity contribution in [1.29, 1.82) is 0 Å². The predicted octanol–water partition coefficient (Wildman–Crippen LogP) is 4.06. The van der Waals surface area contributed by atoms with Crippen LogP contribution >= 0.6 is 0 Å². The summed E-state index contributed by atoms with van der Waals surface area (Å²) in [6, 6.07) is 17.0. The minimum Gasteiger partial charge on any atom is -0.497 e. The highest BCUT2D eigenvalue weighted by Crippen LogP contribution is 2.19. The fourth-order valence-electron chi connectivity index (χ4n) is 3.22. The Kier molecular flexibility index (Phi) is 9.98. The zero-order chi connectivity index (χ0) is 21.1. The van der Waals surface area contributed by atoms with Gasteiger partial charge in [-0.1, -0.05) is 24.3 Å². The molecule has 0 N–H and O–H groups in total. The van der Waals surface area contributed by atoms with Crippen LogP contribution in [-0.4, -0.2) is 63.9 Å². The molecule has 29 heavy (non-hydrogen) atoms. The molecular weight excluding hydrogens is 364 g/mol. The van der Waals surface area contributed by atoms with E-state index in [1.165, 1.54) is 11.1 Å². The molecular formula is C24H36N2O3. The fourth-order valence-corrected chi connectivity index (χ4v) is 3.22. The quantitative estimate of drug-likeness (QED) is 0.474. The van der Waals surface area contributed by atoms with Gasteiger partial charge in [0.05, 0.1) is 20.3 Å². The van der Waals surface area contributed by atoms with Crippen molar-refractivity contribution in [1.82, 2.24) is 9.80 Å². The lowest BCUT2D eigenvalue weighted by atomic mass is 10.1. The maximum absolute atomic E-state index is 5.95. The molecule has 0 saturated carbocycles. The zero-order valence-corrected chi connectivity index (χ0v) is 18.6. The third-order valence-electron chi connectivity index (χ3n) is 4.88. The summed E-state index contributed by atoms with van der Waals surface area (Å²) >= 11 is 0. The molecule has 0 aromatic heterocycles. The number of hydrogen-bond donors (Lipinski definition) is 0. The molecule has 0 heterocycles. The van der Waals surface area contributed by atoms with Crippen molar-refractivity contribution in [3.05, 3.63) is 59.7 Å². The molecule has 2 aromatic carbocycles. The highest BCUT2D eigenvalue weighted by atomic mass is 16.5. The van der Waals surface area contributed by atoms with Crippen molar-refractivity contribution in [3.63, 3.8) is 0 Å². The topological polar surface area (TPSA) is 34.2 Å². The molecule has 2 rings (SSSR count). The maximum Gasteiger partial charge on any atom is 0.119 e. The molecule has 0 aliphatic carbocycles. The summed E-state index contributed by atoms with van der Waals surface area (Å²) in [5.41, 5.74) is 2.50. The summed E-state index contributed by atoms with van der Waals surface area (Å²) in [5.74, 6) is 1.81. The van der Waals surface area contributed by atoms with Crippen LogP contribution in [0.3, 0.4) is 0 Å². The number of benzene rings is 2. The van der Waals surface area contributed by atoms with Gasteiger partial charge in [-0.05, 0) is 62.8 Å². The molecule has 0 bridgehead atoms. The zero-order valence-electron chi connectivity index (χ0n) is 18.6. The summed E-state index contributed by atoms with van der Waals surface area (Å²) in [7, 11) is 7.61. The van der Waals surface area contributed by atoms with Crippen LogP contribution in [-0.2, 0) is 17.8 Å². The summed E-state index contributed by atoms with van der Waals surface area (Å²) in [6.45, 7) is 6.35. The van der Waals surface area contributed by atoms with Crippen LogP contribution < -0.4 is 9.47 Å². The minimum atomic E-state index is 0.298. The molecule has 1 atom stereocenters. The lowest BCUT2D eigenvalue weighted by Gasteiger charge is -2.29. The Labute approximate surface area is 176 Å². The third kappa shape index (κ3) is 8.44.